The lowest BCUT2D eigenvalue weighted by Gasteiger charge is -2.22. The van der Waals surface area contributed by atoms with E-state index >= 15 is 0 Å². The lowest BCUT2D eigenvalue weighted by molar-refractivity contribution is 0.471. The Hall–Kier alpha value is -0.210. The van der Waals surface area contributed by atoms with Gasteiger partial charge in [-0.15, -0.1) is 0 Å². The van der Waals surface area contributed by atoms with E-state index in [9.17, 15) is 0 Å². The highest BCUT2D eigenvalue weighted by Crippen LogP contribution is 2.28. The van der Waals surface area contributed by atoms with Crippen molar-refractivity contribution in [1.82, 2.24) is 0 Å². The Balaban J connectivity index is 2.00. The minimum atomic E-state index is 0.585. The molecular formula is C14H19BrClN. The quantitative estimate of drug-likeness (QED) is 0.746. The topological polar surface area (TPSA) is 12.0 Å². The highest BCUT2D eigenvalue weighted by molar-refractivity contribution is 9.10. The van der Waals surface area contributed by atoms with Gasteiger partial charge in [-0.1, -0.05) is 59.6 Å². The molecule has 0 heterocycles. The van der Waals surface area contributed by atoms with E-state index in [1.54, 1.807) is 0 Å². The zero-order valence-corrected chi connectivity index (χ0v) is 12.4. The van der Waals surface area contributed by atoms with Crippen LogP contribution in [0.25, 0.3) is 0 Å². The Kier molecular flexibility index (Phi) is 5.17. The molecule has 2 rings (SSSR count). The van der Waals surface area contributed by atoms with Gasteiger partial charge in [0.1, 0.15) is 0 Å². The summed E-state index contributed by atoms with van der Waals surface area (Å²) in [6.07, 6.45) is 9.37. The van der Waals surface area contributed by atoms with Gasteiger partial charge in [0.05, 0.1) is 10.7 Å². The normalized spacial score (nSPS) is 18.5. The Morgan fingerprint density at radius 2 is 1.71 bits per heavy atom. The Morgan fingerprint density at radius 1 is 1.06 bits per heavy atom. The maximum absolute atomic E-state index is 6.21. The van der Waals surface area contributed by atoms with E-state index in [2.05, 4.69) is 27.3 Å². The van der Waals surface area contributed by atoms with Gasteiger partial charge < -0.3 is 5.32 Å². The lowest BCUT2D eigenvalue weighted by Crippen LogP contribution is -2.20. The predicted molar refractivity (Wildman–Crippen MR) is 78.9 cm³/mol. The van der Waals surface area contributed by atoms with E-state index in [0.717, 1.165) is 15.2 Å². The molecule has 0 aliphatic heterocycles. The number of nitrogens with one attached hydrogen (secondary N) is 1. The molecule has 0 amide bonds. The fraction of sp³-hybridized carbons (Fsp3) is 0.571. The summed E-state index contributed by atoms with van der Waals surface area (Å²) in [5.74, 6) is 0. The second-order valence-corrected chi connectivity index (χ2v) is 6.13. The molecule has 94 valence electrons. The third-order valence-electron chi connectivity index (χ3n) is 3.39. The molecule has 1 N–H and O–H groups in total. The van der Waals surface area contributed by atoms with Crippen LogP contribution in [0.3, 0.4) is 0 Å². The van der Waals surface area contributed by atoms with Crippen molar-refractivity contribution in [3.05, 3.63) is 27.7 Å². The van der Waals surface area contributed by atoms with Crippen LogP contribution in [-0.4, -0.2) is 6.04 Å². The molecule has 0 unspecified atom stereocenters. The van der Waals surface area contributed by atoms with E-state index in [4.69, 9.17) is 11.6 Å². The summed E-state index contributed by atoms with van der Waals surface area (Å²) >= 11 is 9.70. The molecule has 0 spiro atoms. The third kappa shape index (κ3) is 4.18. The summed E-state index contributed by atoms with van der Waals surface area (Å²) < 4.78 is 1.08. The Labute approximate surface area is 117 Å². The van der Waals surface area contributed by atoms with E-state index in [-0.39, 0.29) is 0 Å². The fourth-order valence-electron chi connectivity index (χ4n) is 2.43. The van der Waals surface area contributed by atoms with Crippen molar-refractivity contribution in [2.75, 3.05) is 5.32 Å². The summed E-state index contributed by atoms with van der Waals surface area (Å²) in [6.45, 7) is 0. The van der Waals surface area contributed by atoms with E-state index in [1.807, 2.05) is 12.1 Å². The van der Waals surface area contributed by atoms with Crippen LogP contribution < -0.4 is 5.32 Å². The van der Waals surface area contributed by atoms with Crippen molar-refractivity contribution in [2.45, 2.75) is 51.0 Å². The first-order chi connectivity index (χ1) is 8.25. The number of hydrogen-bond acceptors (Lipinski definition) is 1. The predicted octanol–water partition coefficient (Wildman–Crippen LogP) is 5.63. The number of rotatable bonds is 2. The molecule has 0 atom stereocenters. The van der Waals surface area contributed by atoms with E-state index in [0.29, 0.717) is 6.04 Å². The maximum Gasteiger partial charge on any atom is 0.0638 e. The summed E-state index contributed by atoms with van der Waals surface area (Å²) in [6, 6.07) is 6.58. The SMILES string of the molecule is Clc1ccc(Br)cc1NC1CCCCCCC1. The number of benzene rings is 1. The molecule has 0 radical (unpaired) electrons. The zero-order chi connectivity index (χ0) is 12.1. The van der Waals surface area contributed by atoms with Gasteiger partial charge in [0.15, 0.2) is 0 Å². The summed E-state index contributed by atoms with van der Waals surface area (Å²) in [5.41, 5.74) is 1.06. The van der Waals surface area contributed by atoms with Gasteiger partial charge in [0.25, 0.3) is 0 Å². The highest BCUT2D eigenvalue weighted by atomic mass is 79.9. The molecule has 0 saturated heterocycles. The van der Waals surface area contributed by atoms with E-state index < -0.39 is 0 Å². The average molecular weight is 317 g/mol. The van der Waals surface area contributed by atoms with Gasteiger partial charge >= 0.3 is 0 Å². The summed E-state index contributed by atoms with van der Waals surface area (Å²) in [5, 5.41) is 4.41. The molecule has 1 saturated carbocycles. The van der Waals surface area contributed by atoms with Crippen molar-refractivity contribution in [3.63, 3.8) is 0 Å². The van der Waals surface area contributed by atoms with Crippen LogP contribution in [0.2, 0.25) is 5.02 Å². The standard InChI is InChI=1S/C14H19BrClN/c15-11-8-9-13(16)14(10-11)17-12-6-4-2-1-3-5-7-12/h8-10,12,17H,1-7H2. The van der Waals surface area contributed by atoms with Crippen LogP contribution in [0, 0.1) is 0 Å². The number of anilines is 1. The van der Waals surface area contributed by atoms with Gasteiger partial charge in [-0.05, 0) is 31.0 Å². The molecule has 1 aromatic rings. The molecule has 17 heavy (non-hydrogen) atoms. The van der Waals surface area contributed by atoms with Crippen molar-refractivity contribution in [1.29, 1.82) is 0 Å². The molecule has 1 aliphatic rings. The fourth-order valence-corrected chi connectivity index (χ4v) is 2.96. The highest BCUT2D eigenvalue weighted by Gasteiger charge is 2.12. The second kappa shape index (κ2) is 6.65. The van der Waals surface area contributed by atoms with Crippen LogP contribution in [0.5, 0.6) is 0 Å². The minimum absolute atomic E-state index is 0.585. The third-order valence-corrected chi connectivity index (χ3v) is 4.22. The monoisotopic (exact) mass is 315 g/mol. The van der Waals surface area contributed by atoms with Gasteiger partial charge in [-0.25, -0.2) is 0 Å². The van der Waals surface area contributed by atoms with Crippen molar-refractivity contribution in [2.24, 2.45) is 0 Å². The molecule has 0 aromatic heterocycles. The van der Waals surface area contributed by atoms with Crippen molar-refractivity contribution < 1.29 is 0 Å². The van der Waals surface area contributed by atoms with Crippen LogP contribution in [0.1, 0.15) is 44.9 Å². The van der Waals surface area contributed by atoms with E-state index in [1.165, 1.54) is 44.9 Å². The minimum Gasteiger partial charge on any atom is -0.381 e. The largest absolute Gasteiger partial charge is 0.381 e. The molecule has 3 heteroatoms. The molecule has 1 fully saturated rings. The average Bonchev–Trinajstić information content (AvgIpc) is 2.27. The molecule has 1 aliphatic carbocycles. The van der Waals surface area contributed by atoms with Crippen molar-refractivity contribution >= 4 is 33.2 Å². The molecule has 1 nitrogen and oxygen atoms in total. The Morgan fingerprint density at radius 3 is 2.41 bits per heavy atom. The Bertz CT molecular complexity index is 359. The van der Waals surface area contributed by atoms with Gasteiger partial charge in [0.2, 0.25) is 0 Å². The zero-order valence-electron chi connectivity index (χ0n) is 10.0. The van der Waals surface area contributed by atoms with Crippen LogP contribution >= 0.6 is 27.5 Å². The molecular weight excluding hydrogens is 298 g/mol. The van der Waals surface area contributed by atoms with Gasteiger partial charge in [-0.3, -0.25) is 0 Å². The van der Waals surface area contributed by atoms with Gasteiger partial charge in [0, 0.05) is 10.5 Å². The second-order valence-electron chi connectivity index (χ2n) is 4.81. The first-order valence-corrected chi connectivity index (χ1v) is 7.64. The first kappa shape index (κ1) is 13.2. The van der Waals surface area contributed by atoms with Crippen LogP contribution in [0.15, 0.2) is 22.7 Å². The first-order valence-electron chi connectivity index (χ1n) is 6.47. The van der Waals surface area contributed by atoms with Crippen LogP contribution in [-0.2, 0) is 0 Å². The van der Waals surface area contributed by atoms with Crippen molar-refractivity contribution in [3.8, 4) is 0 Å². The maximum atomic E-state index is 6.21. The lowest BCUT2D eigenvalue weighted by atomic mass is 9.96. The number of hydrogen-bond donors (Lipinski definition) is 1. The van der Waals surface area contributed by atoms with Crippen LogP contribution in [0.4, 0.5) is 5.69 Å². The summed E-state index contributed by atoms with van der Waals surface area (Å²) in [4.78, 5) is 0. The molecule has 0 bridgehead atoms. The molecule has 1 aromatic carbocycles. The number of halogens is 2. The van der Waals surface area contributed by atoms with Gasteiger partial charge in [-0.2, -0.15) is 0 Å². The summed E-state index contributed by atoms with van der Waals surface area (Å²) in [7, 11) is 0. The smallest absolute Gasteiger partial charge is 0.0638 e.